The van der Waals surface area contributed by atoms with E-state index in [-0.39, 0.29) is 17.8 Å². The summed E-state index contributed by atoms with van der Waals surface area (Å²) in [5.74, 6) is -0.152. The minimum Gasteiger partial charge on any atom is -0.368 e. The van der Waals surface area contributed by atoms with E-state index in [4.69, 9.17) is 11.1 Å². The van der Waals surface area contributed by atoms with Gasteiger partial charge in [-0.1, -0.05) is 6.07 Å². The molecule has 3 aromatic heterocycles. The molecule has 3 N–H and O–H groups in total. The summed E-state index contributed by atoms with van der Waals surface area (Å²) in [5, 5.41) is 8.46. The molecule has 0 saturated heterocycles. The van der Waals surface area contributed by atoms with E-state index in [9.17, 15) is 4.39 Å². The molecule has 4 rings (SSSR count). The first-order valence-electron chi connectivity index (χ1n) is 9.88. The molecule has 1 unspecified atom stereocenters. The molecule has 0 aliphatic heterocycles. The molecule has 0 bridgehead atoms. The predicted molar refractivity (Wildman–Crippen MR) is 118 cm³/mol. The van der Waals surface area contributed by atoms with Crippen molar-refractivity contribution in [1.82, 2.24) is 24.5 Å². The number of pyridine rings is 1. The molecular formula is C23H22FN7. The van der Waals surface area contributed by atoms with Crippen molar-refractivity contribution < 1.29 is 4.39 Å². The first-order valence-corrected chi connectivity index (χ1v) is 9.88. The van der Waals surface area contributed by atoms with Gasteiger partial charge in [0.05, 0.1) is 23.4 Å². The number of nitrogens with one attached hydrogen (secondary N) is 1. The van der Waals surface area contributed by atoms with E-state index in [1.807, 2.05) is 23.6 Å². The molecule has 31 heavy (non-hydrogen) atoms. The van der Waals surface area contributed by atoms with Crippen molar-refractivity contribution in [3.05, 3.63) is 78.8 Å². The summed E-state index contributed by atoms with van der Waals surface area (Å²) in [6, 6.07) is 11.7. The highest BCUT2D eigenvalue weighted by molar-refractivity contribution is 5.84. The summed E-state index contributed by atoms with van der Waals surface area (Å²) in [5.41, 5.74) is 10.2. The Morgan fingerprint density at radius 3 is 2.65 bits per heavy atom. The van der Waals surface area contributed by atoms with Crippen molar-refractivity contribution >= 4 is 11.7 Å². The second-order valence-corrected chi connectivity index (χ2v) is 7.35. The van der Waals surface area contributed by atoms with Gasteiger partial charge in [-0.2, -0.15) is 0 Å². The van der Waals surface area contributed by atoms with E-state index in [1.165, 1.54) is 12.1 Å². The van der Waals surface area contributed by atoms with Crippen molar-refractivity contribution in [1.29, 1.82) is 5.41 Å². The Balaban J connectivity index is 1.68. The van der Waals surface area contributed by atoms with E-state index in [0.29, 0.717) is 29.9 Å². The Morgan fingerprint density at radius 1 is 1.13 bits per heavy atom. The maximum absolute atomic E-state index is 13.4. The zero-order valence-electron chi connectivity index (χ0n) is 17.0. The Morgan fingerprint density at radius 2 is 1.94 bits per heavy atom. The molecular weight excluding hydrogens is 393 g/mol. The molecule has 0 aliphatic rings. The number of anilines is 1. The first-order chi connectivity index (χ1) is 15.0. The van der Waals surface area contributed by atoms with Crippen molar-refractivity contribution in [3.8, 4) is 22.6 Å². The van der Waals surface area contributed by atoms with Gasteiger partial charge in [0.15, 0.2) is 0 Å². The van der Waals surface area contributed by atoms with Crippen LogP contribution in [0, 0.1) is 11.2 Å². The van der Waals surface area contributed by atoms with Crippen molar-refractivity contribution in [2.75, 3.05) is 5.73 Å². The third-order valence-electron chi connectivity index (χ3n) is 4.99. The van der Waals surface area contributed by atoms with Gasteiger partial charge in [0.2, 0.25) is 5.95 Å². The molecule has 0 aliphatic carbocycles. The van der Waals surface area contributed by atoms with Gasteiger partial charge in [-0.15, -0.1) is 0 Å². The number of halogens is 1. The van der Waals surface area contributed by atoms with E-state index in [2.05, 4.69) is 19.9 Å². The van der Waals surface area contributed by atoms with Crippen molar-refractivity contribution in [3.63, 3.8) is 0 Å². The van der Waals surface area contributed by atoms with Crippen LogP contribution in [-0.2, 0) is 6.42 Å². The Bertz CT molecular complexity index is 1190. The number of imidazole rings is 1. The van der Waals surface area contributed by atoms with Gasteiger partial charge in [-0.25, -0.2) is 19.3 Å². The fourth-order valence-electron chi connectivity index (χ4n) is 3.55. The number of hydrogen-bond acceptors (Lipinski definition) is 6. The fourth-order valence-corrected chi connectivity index (χ4v) is 3.55. The molecule has 1 aromatic carbocycles. The highest BCUT2D eigenvalue weighted by Gasteiger charge is 2.21. The largest absolute Gasteiger partial charge is 0.368 e. The summed E-state index contributed by atoms with van der Waals surface area (Å²) < 4.78 is 15.4. The lowest BCUT2D eigenvalue weighted by Gasteiger charge is -2.18. The van der Waals surface area contributed by atoms with Crippen LogP contribution in [0.25, 0.3) is 22.6 Å². The number of hydrogen-bond donors (Lipinski definition) is 2. The number of nitrogen functional groups attached to an aromatic ring is 1. The highest BCUT2D eigenvalue weighted by atomic mass is 19.1. The molecule has 0 radical (unpaired) electrons. The van der Waals surface area contributed by atoms with E-state index in [0.717, 1.165) is 16.8 Å². The Hall–Kier alpha value is -3.94. The monoisotopic (exact) mass is 415 g/mol. The van der Waals surface area contributed by atoms with E-state index in [1.54, 1.807) is 43.1 Å². The molecule has 0 fully saturated rings. The lowest BCUT2D eigenvalue weighted by molar-refractivity contribution is 0.568. The SMILES string of the molecule is CC(CC(=N)Cc1cccnc1)n1cnc(-c2ccc(F)cc2)c1-c1ccnc(N)n1. The van der Waals surface area contributed by atoms with Crippen LogP contribution in [0.4, 0.5) is 10.3 Å². The molecule has 0 spiro atoms. The Labute approximate surface area is 179 Å². The molecule has 3 heterocycles. The van der Waals surface area contributed by atoms with Gasteiger partial charge in [-0.05, 0) is 48.9 Å². The van der Waals surface area contributed by atoms with E-state index < -0.39 is 0 Å². The Kier molecular flexibility index (Phi) is 5.79. The zero-order chi connectivity index (χ0) is 21.8. The number of nitrogens with zero attached hydrogens (tertiary/aromatic N) is 5. The summed E-state index contributed by atoms with van der Waals surface area (Å²) in [7, 11) is 0. The molecule has 156 valence electrons. The number of rotatable bonds is 7. The number of benzene rings is 1. The number of nitrogens with two attached hydrogens (primary N) is 1. The van der Waals surface area contributed by atoms with Gasteiger partial charge < -0.3 is 15.7 Å². The van der Waals surface area contributed by atoms with Gasteiger partial charge >= 0.3 is 0 Å². The quantitative estimate of drug-likeness (QED) is 0.437. The normalized spacial score (nSPS) is 11.9. The standard InChI is InChI=1S/C23H22FN7/c1-15(11-19(25)12-16-3-2-9-27-13-16)31-14-29-21(17-4-6-18(24)7-5-17)22(31)20-8-10-28-23(26)30-20/h2-10,13-15,25H,11-12H2,1H3,(H2,26,28,30). The van der Waals surface area contributed by atoms with Crippen molar-refractivity contribution in [2.45, 2.75) is 25.8 Å². The second-order valence-electron chi connectivity index (χ2n) is 7.35. The minimum absolute atomic E-state index is 0.0583. The lowest BCUT2D eigenvalue weighted by atomic mass is 10.0. The smallest absolute Gasteiger partial charge is 0.220 e. The van der Waals surface area contributed by atoms with Crippen LogP contribution in [0.1, 0.15) is 24.9 Å². The van der Waals surface area contributed by atoms with Crippen LogP contribution >= 0.6 is 0 Å². The van der Waals surface area contributed by atoms with Gasteiger partial charge in [0.25, 0.3) is 0 Å². The van der Waals surface area contributed by atoms with Crippen LogP contribution in [0.15, 0.2) is 67.4 Å². The first kappa shape index (κ1) is 20.3. The maximum Gasteiger partial charge on any atom is 0.220 e. The molecule has 7 nitrogen and oxygen atoms in total. The van der Waals surface area contributed by atoms with Crippen LogP contribution in [-0.4, -0.2) is 30.2 Å². The maximum atomic E-state index is 13.4. The topological polar surface area (TPSA) is 106 Å². The molecule has 0 amide bonds. The van der Waals surface area contributed by atoms with Crippen LogP contribution in [0.3, 0.4) is 0 Å². The zero-order valence-corrected chi connectivity index (χ0v) is 17.0. The highest BCUT2D eigenvalue weighted by Crippen LogP contribution is 2.33. The van der Waals surface area contributed by atoms with Gasteiger partial charge in [-0.3, -0.25) is 4.98 Å². The number of aromatic nitrogens is 5. The molecule has 4 aromatic rings. The van der Waals surface area contributed by atoms with Crippen molar-refractivity contribution in [2.24, 2.45) is 0 Å². The molecule has 8 heteroatoms. The molecule has 0 saturated carbocycles. The van der Waals surface area contributed by atoms with Crippen LogP contribution < -0.4 is 5.73 Å². The van der Waals surface area contributed by atoms with Gasteiger partial charge in [0, 0.05) is 48.7 Å². The third kappa shape index (κ3) is 4.63. The van der Waals surface area contributed by atoms with Crippen LogP contribution in [0.2, 0.25) is 0 Å². The third-order valence-corrected chi connectivity index (χ3v) is 4.99. The second kappa shape index (κ2) is 8.83. The van der Waals surface area contributed by atoms with Crippen LogP contribution in [0.5, 0.6) is 0 Å². The average molecular weight is 415 g/mol. The molecule has 1 atom stereocenters. The lowest BCUT2D eigenvalue weighted by Crippen LogP contribution is -2.13. The summed E-state index contributed by atoms with van der Waals surface area (Å²) in [6.45, 7) is 2.03. The summed E-state index contributed by atoms with van der Waals surface area (Å²) in [4.78, 5) is 17.1. The summed E-state index contributed by atoms with van der Waals surface area (Å²) >= 11 is 0. The predicted octanol–water partition coefficient (Wildman–Crippen LogP) is 4.34. The average Bonchev–Trinajstić information content (AvgIpc) is 3.20. The van der Waals surface area contributed by atoms with E-state index >= 15 is 0 Å². The fraction of sp³-hybridized carbons (Fsp3) is 0.174. The summed E-state index contributed by atoms with van der Waals surface area (Å²) in [6.07, 6.45) is 7.89. The van der Waals surface area contributed by atoms with Gasteiger partial charge in [0.1, 0.15) is 5.82 Å². The minimum atomic E-state index is -0.312.